The molecule has 0 unspecified atom stereocenters. The Morgan fingerprint density at radius 2 is 1.54 bits per heavy atom. The number of fused-ring (bicyclic) bond motifs is 1. The van der Waals surface area contributed by atoms with Crippen LogP contribution in [0.15, 0.2) is 48.5 Å². The lowest BCUT2D eigenvalue weighted by atomic mass is 10.1. The molecule has 0 spiro atoms. The third-order valence-electron chi connectivity index (χ3n) is 4.04. The van der Waals surface area contributed by atoms with E-state index in [1.165, 1.54) is 23.6 Å². The fourth-order valence-electron chi connectivity index (χ4n) is 2.84. The van der Waals surface area contributed by atoms with Gasteiger partial charge in [-0.2, -0.15) is 11.8 Å². The van der Waals surface area contributed by atoms with Crippen molar-refractivity contribution in [3.05, 3.63) is 59.7 Å². The van der Waals surface area contributed by atoms with E-state index in [2.05, 4.69) is 10.6 Å². The molecule has 0 saturated heterocycles. The Morgan fingerprint density at radius 3 is 2.14 bits per heavy atom. The second-order valence-corrected chi connectivity index (χ2v) is 7.28. The molecule has 0 radical (unpaired) electrons. The molecule has 28 heavy (non-hydrogen) atoms. The van der Waals surface area contributed by atoms with Crippen LogP contribution in [-0.2, 0) is 9.59 Å². The Morgan fingerprint density at radius 1 is 0.929 bits per heavy atom. The quantitative estimate of drug-likeness (QED) is 0.553. The van der Waals surface area contributed by atoms with E-state index in [0.29, 0.717) is 28.3 Å². The fourth-order valence-corrected chi connectivity index (χ4v) is 3.55. The Kier molecular flexibility index (Phi) is 6.10. The van der Waals surface area contributed by atoms with E-state index in [1.807, 2.05) is 0 Å². The average molecular weight is 397 g/mol. The highest BCUT2D eigenvalue weighted by molar-refractivity contribution is 7.99. The molecule has 2 N–H and O–H groups in total. The molecule has 8 heteroatoms. The van der Waals surface area contributed by atoms with Crippen molar-refractivity contribution in [3.63, 3.8) is 0 Å². The van der Waals surface area contributed by atoms with Crippen LogP contribution >= 0.6 is 11.8 Å². The molecule has 0 atom stereocenters. The number of amides is 4. The molecule has 0 saturated carbocycles. The second-order valence-electron chi connectivity index (χ2n) is 6.17. The van der Waals surface area contributed by atoms with E-state index in [9.17, 15) is 19.2 Å². The van der Waals surface area contributed by atoms with Gasteiger partial charge in [-0.1, -0.05) is 18.2 Å². The minimum absolute atomic E-state index is 0.188. The van der Waals surface area contributed by atoms with Gasteiger partial charge >= 0.3 is 0 Å². The van der Waals surface area contributed by atoms with Crippen molar-refractivity contribution < 1.29 is 19.2 Å². The number of rotatable bonds is 7. The number of imide groups is 1. The van der Waals surface area contributed by atoms with Crippen LogP contribution in [0.3, 0.4) is 0 Å². The smallest absolute Gasteiger partial charge is 0.261 e. The van der Waals surface area contributed by atoms with Crippen LogP contribution in [0.2, 0.25) is 0 Å². The molecule has 1 aliphatic rings. The molecule has 7 nitrogen and oxygen atoms in total. The van der Waals surface area contributed by atoms with E-state index in [4.69, 9.17) is 0 Å². The molecule has 2 aromatic rings. The number of nitrogens with one attached hydrogen (secondary N) is 2. The van der Waals surface area contributed by atoms with E-state index >= 15 is 0 Å². The third-order valence-corrected chi connectivity index (χ3v) is 4.97. The number of carbonyl (C=O) groups is 4. The van der Waals surface area contributed by atoms with Gasteiger partial charge in [0.2, 0.25) is 11.8 Å². The van der Waals surface area contributed by atoms with Crippen molar-refractivity contribution in [1.82, 2.24) is 4.90 Å². The third kappa shape index (κ3) is 4.58. The SMILES string of the molecule is CC(=O)Nc1cccc(NC(=O)CSCCN2C(=O)c3ccccc3C2=O)c1. The second kappa shape index (κ2) is 8.71. The van der Waals surface area contributed by atoms with Gasteiger partial charge in [0, 0.05) is 30.6 Å². The summed E-state index contributed by atoms with van der Waals surface area (Å²) in [5.74, 6) is -0.321. The minimum atomic E-state index is -0.291. The Hall–Kier alpha value is -3.13. The molecule has 1 aliphatic heterocycles. The molecular formula is C20H19N3O4S. The first-order valence-corrected chi connectivity index (χ1v) is 9.81. The van der Waals surface area contributed by atoms with E-state index < -0.39 is 0 Å². The lowest BCUT2D eigenvalue weighted by molar-refractivity contribution is -0.114. The van der Waals surface area contributed by atoms with Gasteiger partial charge in [0.05, 0.1) is 16.9 Å². The van der Waals surface area contributed by atoms with Gasteiger partial charge in [0.25, 0.3) is 11.8 Å². The molecular weight excluding hydrogens is 378 g/mol. The zero-order valence-electron chi connectivity index (χ0n) is 15.2. The maximum atomic E-state index is 12.3. The number of hydrogen-bond donors (Lipinski definition) is 2. The number of hydrogen-bond acceptors (Lipinski definition) is 5. The first-order chi connectivity index (χ1) is 13.5. The number of anilines is 2. The number of benzene rings is 2. The summed E-state index contributed by atoms with van der Waals surface area (Å²) in [4.78, 5) is 48.9. The van der Waals surface area contributed by atoms with E-state index in [-0.39, 0.29) is 35.9 Å². The van der Waals surface area contributed by atoms with Gasteiger partial charge in [0.1, 0.15) is 0 Å². The predicted molar refractivity (Wildman–Crippen MR) is 109 cm³/mol. The fraction of sp³-hybridized carbons (Fsp3) is 0.200. The van der Waals surface area contributed by atoms with E-state index in [1.54, 1.807) is 48.5 Å². The first-order valence-electron chi connectivity index (χ1n) is 8.66. The van der Waals surface area contributed by atoms with Crippen LogP contribution in [-0.4, -0.2) is 46.6 Å². The number of thioether (sulfide) groups is 1. The van der Waals surface area contributed by atoms with Gasteiger partial charge in [-0.05, 0) is 30.3 Å². The average Bonchev–Trinajstić information content (AvgIpc) is 2.90. The predicted octanol–water partition coefficient (Wildman–Crippen LogP) is 2.61. The van der Waals surface area contributed by atoms with Gasteiger partial charge in [-0.3, -0.25) is 24.1 Å². The van der Waals surface area contributed by atoms with Crippen LogP contribution in [0.1, 0.15) is 27.6 Å². The summed E-state index contributed by atoms with van der Waals surface area (Å²) in [6.45, 7) is 1.67. The van der Waals surface area contributed by atoms with Crippen LogP contribution in [0, 0.1) is 0 Å². The highest BCUT2D eigenvalue weighted by atomic mass is 32.2. The Balaban J connectivity index is 1.45. The topological polar surface area (TPSA) is 95.6 Å². The summed E-state index contributed by atoms with van der Waals surface area (Å²) >= 11 is 1.34. The van der Waals surface area contributed by atoms with Crippen molar-refractivity contribution in [3.8, 4) is 0 Å². The minimum Gasteiger partial charge on any atom is -0.326 e. The van der Waals surface area contributed by atoms with Gasteiger partial charge in [-0.25, -0.2) is 0 Å². The maximum absolute atomic E-state index is 12.3. The summed E-state index contributed by atoms with van der Waals surface area (Å²) < 4.78 is 0. The molecule has 0 aliphatic carbocycles. The maximum Gasteiger partial charge on any atom is 0.261 e. The molecule has 1 heterocycles. The molecule has 2 aromatic carbocycles. The molecule has 3 rings (SSSR count). The van der Waals surface area contributed by atoms with Crippen LogP contribution in [0.25, 0.3) is 0 Å². The van der Waals surface area contributed by atoms with Gasteiger partial charge < -0.3 is 10.6 Å². The summed E-state index contributed by atoms with van der Waals surface area (Å²) in [6, 6.07) is 13.6. The van der Waals surface area contributed by atoms with Crippen molar-refractivity contribution >= 4 is 46.8 Å². The van der Waals surface area contributed by atoms with Crippen LogP contribution in [0.4, 0.5) is 11.4 Å². The largest absolute Gasteiger partial charge is 0.326 e. The summed E-state index contributed by atoms with van der Waals surface area (Å²) in [7, 11) is 0. The van der Waals surface area contributed by atoms with Crippen molar-refractivity contribution in [1.29, 1.82) is 0 Å². The summed E-state index contributed by atoms with van der Waals surface area (Å²) in [5, 5.41) is 5.41. The lowest BCUT2D eigenvalue weighted by Crippen LogP contribution is -2.32. The summed E-state index contributed by atoms with van der Waals surface area (Å²) in [5.41, 5.74) is 2.03. The van der Waals surface area contributed by atoms with Crippen molar-refractivity contribution in [2.24, 2.45) is 0 Å². The molecule has 0 bridgehead atoms. The molecule has 0 aromatic heterocycles. The van der Waals surface area contributed by atoms with Crippen molar-refractivity contribution in [2.45, 2.75) is 6.92 Å². The van der Waals surface area contributed by atoms with E-state index in [0.717, 1.165) is 0 Å². The highest BCUT2D eigenvalue weighted by Crippen LogP contribution is 2.22. The van der Waals surface area contributed by atoms with Gasteiger partial charge in [-0.15, -0.1) is 0 Å². The zero-order chi connectivity index (χ0) is 20.1. The highest BCUT2D eigenvalue weighted by Gasteiger charge is 2.34. The summed E-state index contributed by atoms with van der Waals surface area (Å²) in [6.07, 6.45) is 0. The first kappa shape index (κ1) is 19.6. The Labute approximate surface area is 166 Å². The molecule has 144 valence electrons. The Bertz CT molecular complexity index is 910. The van der Waals surface area contributed by atoms with Crippen molar-refractivity contribution in [2.75, 3.05) is 28.7 Å². The zero-order valence-corrected chi connectivity index (χ0v) is 16.0. The molecule has 0 fully saturated rings. The number of nitrogens with zero attached hydrogens (tertiary/aromatic N) is 1. The van der Waals surface area contributed by atoms with Gasteiger partial charge in [0.15, 0.2) is 0 Å². The molecule has 4 amide bonds. The van der Waals surface area contributed by atoms with Crippen LogP contribution < -0.4 is 10.6 Å². The van der Waals surface area contributed by atoms with Crippen LogP contribution in [0.5, 0.6) is 0 Å². The number of carbonyl (C=O) groups excluding carboxylic acids is 4. The normalized spacial score (nSPS) is 12.7. The lowest BCUT2D eigenvalue weighted by Gasteiger charge is -2.13. The monoisotopic (exact) mass is 397 g/mol. The standard InChI is InChI=1S/C20H19N3O4S/c1-13(24)21-14-5-4-6-15(11-14)22-18(25)12-28-10-9-23-19(26)16-7-2-3-8-17(16)20(23)27/h2-8,11H,9-10,12H2,1H3,(H,21,24)(H,22,25).